The van der Waals surface area contributed by atoms with Gasteiger partial charge >= 0.3 is 5.97 Å². The number of carbonyl (C=O) groups excluding carboxylic acids is 4. The average Bonchev–Trinajstić information content (AvgIpc) is 3.50. The molecule has 1 heterocycles. The van der Waals surface area contributed by atoms with Gasteiger partial charge in [0.25, 0.3) is 0 Å². The fraction of sp³-hybridized carbons (Fsp3) is 0.455. The molecule has 2 amide bonds. The highest BCUT2D eigenvalue weighted by Gasteiger charge is 2.66. The lowest BCUT2D eigenvalue weighted by Gasteiger charge is -2.37. The zero-order chi connectivity index (χ0) is 20.3. The number of benzene rings is 1. The Morgan fingerprint density at radius 1 is 1.00 bits per heavy atom. The first kappa shape index (κ1) is 18.7. The van der Waals surface area contributed by atoms with Crippen LogP contribution in [0.4, 0.5) is 0 Å². The molecule has 1 aromatic rings. The largest absolute Gasteiger partial charge is 0.457 e. The number of ether oxygens (including phenoxy) is 1. The van der Waals surface area contributed by atoms with Gasteiger partial charge in [-0.25, -0.2) is 0 Å². The molecule has 3 fully saturated rings. The Labute approximate surface area is 176 Å². The highest BCUT2D eigenvalue weighted by Crippen LogP contribution is 2.65. The fourth-order valence-electron chi connectivity index (χ4n) is 5.38. The molecular weight excluding hydrogens is 438 g/mol. The third-order valence-corrected chi connectivity index (χ3v) is 7.35. The number of Topliss-reactive ketones (excluding diaryl/α,β-unsaturated/α-hetero) is 1. The molecule has 2 bridgehead atoms. The van der Waals surface area contributed by atoms with E-state index in [0.717, 1.165) is 10.9 Å². The summed E-state index contributed by atoms with van der Waals surface area (Å²) in [7, 11) is 0. The second kappa shape index (κ2) is 6.90. The summed E-state index contributed by atoms with van der Waals surface area (Å²) in [5.41, 5.74) is 0.455. The molecule has 1 saturated heterocycles. The molecule has 0 spiro atoms. The van der Waals surface area contributed by atoms with Crippen LogP contribution in [0.1, 0.15) is 23.2 Å². The van der Waals surface area contributed by atoms with Gasteiger partial charge < -0.3 is 4.74 Å². The van der Waals surface area contributed by atoms with Gasteiger partial charge in [-0.1, -0.05) is 40.2 Å². The van der Waals surface area contributed by atoms with Gasteiger partial charge in [-0.15, -0.1) is 0 Å². The number of ketones is 1. The van der Waals surface area contributed by atoms with Crippen LogP contribution < -0.4 is 0 Å². The summed E-state index contributed by atoms with van der Waals surface area (Å²) in [6, 6.07) is 6.78. The second-order valence-electron chi connectivity index (χ2n) is 8.32. The molecule has 0 aromatic heterocycles. The predicted octanol–water partition coefficient (Wildman–Crippen LogP) is 2.62. The van der Waals surface area contributed by atoms with Gasteiger partial charge in [0.1, 0.15) is 0 Å². The number of allylic oxidation sites excluding steroid dienone is 2. The quantitative estimate of drug-likeness (QED) is 0.284. The van der Waals surface area contributed by atoms with Crippen molar-refractivity contribution in [3.8, 4) is 0 Å². The van der Waals surface area contributed by atoms with E-state index in [9.17, 15) is 19.2 Å². The molecule has 1 aliphatic heterocycles. The Hall–Kier alpha value is -2.28. The van der Waals surface area contributed by atoms with E-state index in [1.165, 1.54) is 4.90 Å². The Bertz CT molecular complexity index is 903. The van der Waals surface area contributed by atoms with Gasteiger partial charge in [0.15, 0.2) is 12.4 Å². The zero-order valence-corrected chi connectivity index (χ0v) is 17.2. The van der Waals surface area contributed by atoms with E-state index in [-0.39, 0.29) is 60.8 Å². The van der Waals surface area contributed by atoms with Crippen molar-refractivity contribution in [1.82, 2.24) is 4.90 Å². The highest BCUT2D eigenvalue weighted by molar-refractivity contribution is 9.10. The second-order valence-corrected chi connectivity index (χ2v) is 9.24. The number of carbonyl (C=O) groups is 4. The van der Waals surface area contributed by atoms with Crippen LogP contribution in [0.3, 0.4) is 0 Å². The van der Waals surface area contributed by atoms with E-state index >= 15 is 0 Å². The summed E-state index contributed by atoms with van der Waals surface area (Å²) in [4.78, 5) is 51.1. The summed E-state index contributed by atoms with van der Waals surface area (Å²) in [5, 5.41) is 0. The molecule has 0 N–H and O–H groups in total. The van der Waals surface area contributed by atoms with Crippen molar-refractivity contribution >= 4 is 39.5 Å². The number of hydrogen-bond donors (Lipinski definition) is 0. The number of likely N-dealkylation sites (tertiary alicyclic amines) is 1. The van der Waals surface area contributed by atoms with Gasteiger partial charge in [-0.2, -0.15) is 0 Å². The first-order valence-corrected chi connectivity index (χ1v) is 10.7. The summed E-state index contributed by atoms with van der Waals surface area (Å²) in [5.74, 6) is -0.240. The van der Waals surface area contributed by atoms with Gasteiger partial charge in [0.2, 0.25) is 11.8 Å². The Morgan fingerprint density at radius 3 is 2.17 bits per heavy atom. The van der Waals surface area contributed by atoms with Gasteiger partial charge in [0, 0.05) is 16.6 Å². The standard InChI is InChI=1S/C22H20BrNO5/c23-12-3-1-11(2-4-12)17(25)10-29-18(26)7-8-24-21(27)19-13-5-6-14(16-9-15(13)16)20(19)22(24)28/h1-6,13-16,19-20H,7-10H2/t13-,14-,15-,16-,19-,20+/m0/s1. The first-order chi connectivity index (χ1) is 14.0. The van der Waals surface area contributed by atoms with E-state index < -0.39 is 5.97 Å². The smallest absolute Gasteiger partial charge is 0.308 e. The maximum atomic E-state index is 12.9. The van der Waals surface area contributed by atoms with Crippen molar-refractivity contribution in [3.63, 3.8) is 0 Å². The Morgan fingerprint density at radius 2 is 1.59 bits per heavy atom. The van der Waals surface area contributed by atoms with Crippen LogP contribution in [0.5, 0.6) is 0 Å². The minimum Gasteiger partial charge on any atom is -0.457 e. The molecule has 5 aliphatic rings. The minimum absolute atomic E-state index is 0.0186. The minimum atomic E-state index is -0.588. The monoisotopic (exact) mass is 457 g/mol. The van der Waals surface area contributed by atoms with Gasteiger partial charge in [0.05, 0.1) is 18.3 Å². The summed E-state index contributed by atoms with van der Waals surface area (Å²) < 4.78 is 5.91. The van der Waals surface area contributed by atoms with Crippen LogP contribution in [0, 0.1) is 35.5 Å². The van der Waals surface area contributed by atoms with Crippen LogP contribution in [-0.2, 0) is 19.1 Å². The number of nitrogens with zero attached hydrogens (tertiary/aromatic N) is 1. The summed E-state index contributed by atoms with van der Waals surface area (Å²) in [6.07, 6.45) is 5.27. The molecule has 7 heteroatoms. The Kier molecular flexibility index (Phi) is 4.46. The van der Waals surface area contributed by atoms with Crippen molar-refractivity contribution < 1.29 is 23.9 Å². The van der Waals surface area contributed by atoms with Crippen molar-refractivity contribution in [2.45, 2.75) is 12.8 Å². The molecule has 4 aliphatic carbocycles. The van der Waals surface area contributed by atoms with Gasteiger partial charge in [-0.05, 0) is 42.2 Å². The van der Waals surface area contributed by atoms with Gasteiger partial charge in [-0.3, -0.25) is 24.1 Å². The third-order valence-electron chi connectivity index (χ3n) is 6.82. The number of esters is 1. The molecule has 2 saturated carbocycles. The van der Waals surface area contributed by atoms with Crippen molar-refractivity contribution in [2.75, 3.05) is 13.2 Å². The van der Waals surface area contributed by atoms with Crippen LogP contribution >= 0.6 is 15.9 Å². The lowest BCUT2D eigenvalue weighted by atomic mass is 9.63. The maximum absolute atomic E-state index is 12.9. The fourth-order valence-corrected chi connectivity index (χ4v) is 5.64. The lowest BCUT2D eigenvalue weighted by Crippen LogP contribution is -2.40. The molecule has 150 valence electrons. The molecular formula is C22H20BrNO5. The maximum Gasteiger partial charge on any atom is 0.308 e. The first-order valence-electron chi connectivity index (χ1n) is 9.93. The van der Waals surface area contributed by atoms with E-state index in [4.69, 9.17) is 4.74 Å². The van der Waals surface area contributed by atoms with E-state index in [0.29, 0.717) is 17.4 Å². The highest BCUT2D eigenvalue weighted by atomic mass is 79.9. The van der Waals surface area contributed by atoms with E-state index in [2.05, 4.69) is 28.1 Å². The number of hydrogen-bond acceptors (Lipinski definition) is 5. The van der Waals surface area contributed by atoms with Crippen molar-refractivity contribution in [2.24, 2.45) is 35.5 Å². The van der Waals surface area contributed by atoms with Crippen LogP contribution in [0.15, 0.2) is 40.9 Å². The lowest BCUT2D eigenvalue weighted by molar-refractivity contribution is -0.145. The number of amides is 2. The molecule has 6 rings (SSSR count). The summed E-state index contributed by atoms with van der Waals surface area (Å²) >= 11 is 3.30. The molecule has 29 heavy (non-hydrogen) atoms. The van der Waals surface area contributed by atoms with Crippen LogP contribution in [0.2, 0.25) is 0 Å². The summed E-state index contributed by atoms with van der Waals surface area (Å²) in [6.45, 7) is -0.338. The van der Waals surface area contributed by atoms with Crippen molar-refractivity contribution in [1.29, 1.82) is 0 Å². The molecule has 6 atom stereocenters. The van der Waals surface area contributed by atoms with Crippen LogP contribution in [-0.4, -0.2) is 41.6 Å². The molecule has 0 unspecified atom stereocenters. The van der Waals surface area contributed by atoms with Crippen LogP contribution in [0.25, 0.3) is 0 Å². The number of halogens is 1. The number of imide groups is 1. The molecule has 0 radical (unpaired) electrons. The van der Waals surface area contributed by atoms with Crippen molar-refractivity contribution in [3.05, 3.63) is 46.5 Å². The average molecular weight is 458 g/mol. The Balaban J connectivity index is 1.15. The third kappa shape index (κ3) is 3.06. The molecule has 1 aromatic carbocycles. The normalized spacial score (nSPS) is 33.5. The zero-order valence-electron chi connectivity index (χ0n) is 15.6. The SMILES string of the molecule is O=C(CCN1C(=O)[C@@H]2[C@H]3C=C[C@@H]([C@@H]4C[C@@H]34)[C@@H]2C1=O)OCC(=O)c1ccc(Br)cc1. The van der Waals surface area contributed by atoms with E-state index in [1.807, 2.05) is 0 Å². The van der Waals surface area contributed by atoms with E-state index in [1.54, 1.807) is 24.3 Å². The molecule has 6 nitrogen and oxygen atoms in total. The number of rotatable bonds is 6. The predicted molar refractivity (Wildman–Crippen MR) is 105 cm³/mol. The topological polar surface area (TPSA) is 80.8 Å².